The van der Waals surface area contributed by atoms with Gasteiger partial charge in [-0.25, -0.2) is 4.79 Å². The number of nitrogens with one attached hydrogen (secondary N) is 1. The van der Waals surface area contributed by atoms with Crippen molar-refractivity contribution in [1.29, 1.82) is 5.41 Å². The lowest BCUT2D eigenvalue weighted by atomic mass is 9.96. The van der Waals surface area contributed by atoms with E-state index in [0.29, 0.717) is 6.61 Å². The predicted molar refractivity (Wildman–Crippen MR) is 50.9 cm³/mol. The lowest BCUT2D eigenvalue weighted by Gasteiger charge is -2.12. The summed E-state index contributed by atoms with van der Waals surface area (Å²) < 4.78 is 4.75. The third kappa shape index (κ3) is 2.68. The molecule has 0 spiro atoms. The van der Waals surface area contributed by atoms with Crippen LogP contribution in [0.2, 0.25) is 0 Å². The molecule has 0 aromatic rings. The van der Waals surface area contributed by atoms with Crippen molar-refractivity contribution in [2.45, 2.75) is 32.6 Å². The molecule has 1 aliphatic carbocycles. The number of hydrogen-bond donors (Lipinski definition) is 1. The third-order valence-corrected chi connectivity index (χ3v) is 2.09. The molecule has 0 radical (unpaired) electrons. The monoisotopic (exact) mass is 181 g/mol. The molecular formula is C10H15NO2. The number of ether oxygens (including phenoxy) is 1. The van der Waals surface area contributed by atoms with E-state index in [-0.39, 0.29) is 5.71 Å². The van der Waals surface area contributed by atoms with E-state index in [2.05, 4.69) is 0 Å². The summed E-state index contributed by atoms with van der Waals surface area (Å²) in [7, 11) is 0. The van der Waals surface area contributed by atoms with Crippen molar-refractivity contribution in [3.8, 4) is 0 Å². The Morgan fingerprint density at radius 2 is 2.38 bits per heavy atom. The SMILES string of the molecule is CCOC(=O)C(=N)C1=CCCCC1. The van der Waals surface area contributed by atoms with Gasteiger partial charge in [0, 0.05) is 0 Å². The fraction of sp³-hybridized carbons (Fsp3) is 0.600. The van der Waals surface area contributed by atoms with Gasteiger partial charge in [-0.15, -0.1) is 0 Å². The number of carbonyl (C=O) groups is 1. The molecule has 0 amide bonds. The van der Waals surface area contributed by atoms with Crippen LogP contribution in [0.4, 0.5) is 0 Å². The van der Waals surface area contributed by atoms with E-state index in [1.807, 2.05) is 6.08 Å². The second-order valence-electron chi connectivity index (χ2n) is 3.07. The van der Waals surface area contributed by atoms with E-state index in [9.17, 15) is 4.79 Å². The standard InChI is InChI=1S/C10H15NO2/c1-2-13-10(12)9(11)8-6-4-3-5-7-8/h6,11H,2-5,7H2,1H3. The van der Waals surface area contributed by atoms with Crippen molar-refractivity contribution in [3.05, 3.63) is 11.6 Å². The van der Waals surface area contributed by atoms with Crippen LogP contribution < -0.4 is 0 Å². The number of carbonyl (C=O) groups excluding carboxylic acids is 1. The van der Waals surface area contributed by atoms with Crippen LogP contribution in [0.3, 0.4) is 0 Å². The smallest absolute Gasteiger partial charge is 0.356 e. The fourth-order valence-electron chi connectivity index (χ4n) is 1.40. The van der Waals surface area contributed by atoms with Crippen molar-refractivity contribution < 1.29 is 9.53 Å². The molecule has 0 aromatic heterocycles. The van der Waals surface area contributed by atoms with Crippen LogP contribution in [-0.2, 0) is 9.53 Å². The molecule has 1 rings (SSSR count). The first-order chi connectivity index (χ1) is 6.25. The Hall–Kier alpha value is -1.12. The van der Waals surface area contributed by atoms with E-state index in [4.69, 9.17) is 10.1 Å². The van der Waals surface area contributed by atoms with Gasteiger partial charge in [-0.05, 0) is 38.2 Å². The van der Waals surface area contributed by atoms with Gasteiger partial charge in [-0.1, -0.05) is 6.08 Å². The molecule has 13 heavy (non-hydrogen) atoms. The average Bonchev–Trinajstić information content (AvgIpc) is 2.18. The maximum absolute atomic E-state index is 11.2. The summed E-state index contributed by atoms with van der Waals surface area (Å²) in [6.07, 6.45) is 6.05. The molecule has 0 heterocycles. The van der Waals surface area contributed by atoms with Gasteiger partial charge in [-0.2, -0.15) is 0 Å². The number of esters is 1. The van der Waals surface area contributed by atoms with Crippen LogP contribution in [0.5, 0.6) is 0 Å². The molecule has 1 aliphatic rings. The normalized spacial score (nSPS) is 16.2. The topological polar surface area (TPSA) is 50.2 Å². The van der Waals surface area contributed by atoms with Gasteiger partial charge in [0.15, 0.2) is 0 Å². The molecule has 3 heteroatoms. The minimum Gasteiger partial charge on any atom is -0.461 e. The first-order valence-electron chi connectivity index (χ1n) is 4.70. The van der Waals surface area contributed by atoms with E-state index in [1.165, 1.54) is 6.42 Å². The van der Waals surface area contributed by atoms with E-state index in [0.717, 1.165) is 24.8 Å². The van der Waals surface area contributed by atoms with Crippen LogP contribution in [0.25, 0.3) is 0 Å². The molecule has 0 saturated heterocycles. The quantitative estimate of drug-likeness (QED) is 0.535. The van der Waals surface area contributed by atoms with Gasteiger partial charge in [0.25, 0.3) is 0 Å². The molecule has 72 valence electrons. The molecule has 3 nitrogen and oxygen atoms in total. The highest BCUT2D eigenvalue weighted by molar-refractivity contribution is 6.41. The molecule has 0 saturated carbocycles. The summed E-state index contributed by atoms with van der Waals surface area (Å²) in [4.78, 5) is 11.2. The first-order valence-corrected chi connectivity index (χ1v) is 4.70. The summed E-state index contributed by atoms with van der Waals surface area (Å²) in [5.41, 5.74) is 0.895. The lowest BCUT2D eigenvalue weighted by Crippen LogP contribution is -2.19. The predicted octanol–water partition coefficient (Wildman–Crippen LogP) is 2.07. The Bertz CT molecular complexity index is 243. The Kier molecular flexibility index (Phi) is 3.68. The largest absolute Gasteiger partial charge is 0.461 e. The summed E-state index contributed by atoms with van der Waals surface area (Å²) in [6.45, 7) is 2.09. The molecule has 0 aliphatic heterocycles. The Morgan fingerprint density at radius 3 is 2.92 bits per heavy atom. The summed E-state index contributed by atoms with van der Waals surface area (Å²) >= 11 is 0. The van der Waals surface area contributed by atoms with Gasteiger partial charge in [-0.3, -0.25) is 5.41 Å². The zero-order valence-electron chi connectivity index (χ0n) is 7.93. The van der Waals surface area contributed by atoms with Crippen molar-refractivity contribution in [2.24, 2.45) is 0 Å². The maximum atomic E-state index is 11.2. The zero-order valence-corrected chi connectivity index (χ0v) is 7.93. The van der Waals surface area contributed by atoms with Crippen molar-refractivity contribution in [1.82, 2.24) is 0 Å². The molecule has 0 aromatic carbocycles. The molecule has 1 N–H and O–H groups in total. The Morgan fingerprint density at radius 1 is 1.62 bits per heavy atom. The molecule has 0 bridgehead atoms. The highest BCUT2D eigenvalue weighted by atomic mass is 16.5. The van der Waals surface area contributed by atoms with Crippen LogP contribution in [-0.4, -0.2) is 18.3 Å². The zero-order chi connectivity index (χ0) is 9.68. The summed E-state index contributed by atoms with van der Waals surface area (Å²) in [5.74, 6) is -0.490. The first kappa shape index (κ1) is 9.96. The van der Waals surface area contributed by atoms with Crippen LogP contribution in [0, 0.1) is 5.41 Å². The van der Waals surface area contributed by atoms with Crippen LogP contribution >= 0.6 is 0 Å². The number of hydrogen-bond acceptors (Lipinski definition) is 3. The number of rotatable bonds is 3. The lowest BCUT2D eigenvalue weighted by molar-refractivity contribution is -0.135. The Labute approximate surface area is 78.3 Å². The van der Waals surface area contributed by atoms with Crippen molar-refractivity contribution >= 4 is 11.7 Å². The average molecular weight is 181 g/mol. The minimum atomic E-state index is -0.490. The highest BCUT2D eigenvalue weighted by Crippen LogP contribution is 2.18. The van der Waals surface area contributed by atoms with Crippen LogP contribution in [0.15, 0.2) is 11.6 Å². The van der Waals surface area contributed by atoms with Gasteiger partial charge in [0.05, 0.1) is 6.61 Å². The van der Waals surface area contributed by atoms with E-state index < -0.39 is 5.97 Å². The van der Waals surface area contributed by atoms with Gasteiger partial charge in [0.2, 0.25) is 0 Å². The second-order valence-corrected chi connectivity index (χ2v) is 3.07. The Balaban J connectivity index is 2.55. The minimum absolute atomic E-state index is 0.0431. The van der Waals surface area contributed by atoms with Crippen LogP contribution in [0.1, 0.15) is 32.6 Å². The van der Waals surface area contributed by atoms with Gasteiger partial charge >= 0.3 is 5.97 Å². The maximum Gasteiger partial charge on any atom is 0.356 e. The fourth-order valence-corrected chi connectivity index (χ4v) is 1.40. The van der Waals surface area contributed by atoms with Gasteiger partial charge in [0.1, 0.15) is 5.71 Å². The molecule has 0 fully saturated rings. The molecule has 0 atom stereocenters. The van der Waals surface area contributed by atoms with E-state index in [1.54, 1.807) is 6.92 Å². The second kappa shape index (κ2) is 4.80. The molecule has 0 unspecified atom stereocenters. The molecular weight excluding hydrogens is 166 g/mol. The third-order valence-electron chi connectivity index (χ3n) is 2.09. The summed E-state index contributed by atoms with van der Waals surface area (Å²) in [6, 6.07) is 0. The summed E-state index contributed by atoms with van der Waals surface area (Å²) in [5, 5.41) is 7.55. The number of allylic oxidation sites excluding steroid dienone is 1. The van der Waals surface area contributed by atoms with Crippen molar-refractivity contribution in [3.63, 3.8) is 0 Å². The van der Waals surface area contributed by atoms with E-state index >= 15 is 0 Å². The highest BCUT2D eigenvalue weighted by Gasteiger charge is 2.16. The van der Waals surface area contributed by atoms with Crippen molar-refractivity contribution in [2.75, 3.05) is 6.61 Å². The van der Waals surface area contributed by atoms with Gasteiger partial charge < -0.3 is 4.74 Å².